The van der Waals surface area contributed by atoms with Crippen molar-refractivity contribution in [3.63, 3.8) is 0 Å². The van der Waals surface area contributed by atoms with E-state index in [1.807, 2.05) is 6.26 Å². The maximum absolute atomic E-state index is 12.0. The Balaban J connectivity index is 1.86. The summed E-state index contributed by atoms with van der Waals surface area (Å²) in [5, 5.41) is 22.3. The highest BCUT2D eigenvalue weighted by Gasteiger charge is 2.39. The van der Waals surface area contributed by atoms with Gasteiger partial charge in [0.15, 0.2) is 0 Å². The topological polar surface area (TPSA) is 76.5 Å². The zero-order valence-electron chi connectivity index (χ0n) is 18.1. The summed E-state index contributed by atoms with van der Waals surface area (Å²) in [4.78, 5) is 14.6. The molecule has 30 heavy (non-hydrogen) atoms. The number of carbonyl (C=O) groups is 1. The van der Waals surface area contributed by atoms with Gasteiger partial charge in [-0.15, -0.1) is 0 Å². The standard InChI is InChI=1S/C23H33N3O4/c1-3-17-12-16(2)24-10-8-18-6-4-7-19(22(18)24)20-13-26(23(28)29)25(9-5-11-27)21(20)15-30-14-17/h14-16,27H,3-13H2,1-2H3,(H,28,29)/b17-14-,20-19-,21-15?. The number of hydrazine groups is 1. The Labute approximate surface area is 178 Å². The molecule has 7 nitrogen and oxygen atoms in total. The van der Waals surface area contributed by atoms with Gasteiger partial charge in [-0.1, -0.05) is 6.92 Å². The third-order valence-electron chi connectivity index (χ3n) is 6.73. The molecule has 0 spiro atoms. The Morgan fingerprint density at radius 3 is 2.80 bits per heavy atom. The number of ether oxygens (including phenoxy) is 1. The molecule has 1 saturated heterocycles. The van der Waals surface area contributed by atoms with Crippen molar-refractivity contribution in [1.82, 2.24) is 14.9 Å². The number of nitrogens with zero attached hydrogens (tertiary/aromatic N) is 3. The SMILES string of the molecule is CC/C1=C/OC=C2/C(=C3/CCCC4=C3N(CC4)C(C)C1)CN(C(=O)O)N2CCCO. The first-order valence-electron chi connectivity index (χ1n) is 11.2. The molecular formula is C23H33N3O4. The van der Waals surface area contributed by atoms with E-state index in [4.69, 9.17) is 4.74 Å². The number of allylic oxidation sites excluding steroid dienone is 1. The molecule has 3 heterocycles. The predicted molar refractivity (Wildman–Crippen MR) is 114 cm³/mol. The molecule has 0 radical (unpaired) electrons. The van der Waals surface area contributed by atoms with Gasteiger partial charge in [-0.05, 0) is 68.6 Å². The molecule has 4 rings (SSSR count). The first-order chi connectivity index (χ1) is 14.5. The summed E-state index contributed by atoms with van der Waals surface area (Å²) in [5.41, 5.74) is 7.28. The molecule has 0 bridgehead atoms. The molecule has 4 aliphatic rings. The van der Waals surface area contributed by atoms with Gasteiger partial charge in [0.25, 0.3) is 0 Å². The van der Waals surface area contributed by atoms with Crippen molar-refractivity contribution >= 4 is 6.09 Å². The quantitative estimate of drug-likeness (QED) is 0.724. The minimum absolute atomic E-state index is 0.0183. The van der Waals surface area contributed by atoms with Gasteiger partial charge in [-0.25, -0.2) is 9.80 Å². The summed E-state index contributed by atoms with van der Waals surface area (Å²) in [7, 11) is 0. The van der Waals surface area contributed by atoms with Crippen LogP contribution in [-0.4, -0.2) is 63.5 Å². The fourth-order valence-corrected chi connectivity index (χ4v) is 5.23. The van der Waals surface area contributed by atoms with Gasteiger partial charge in [0, 0.05) is 37.0 Å². The van der Waals surface area contributed by atoms with Crippen molar-refractivity contribution in [3.05, 3.63) is 46.2 Å². The molecule has 1 fully saturated rings. The minimum atomic E-state index is -0.979. The van der Waals surface area contributed by atoms with Crippen molar-refractivity contribution in [2.24, 2.45) is 0 Å². The minimum Gasteiger partial charge on any atom is -0.470 e. The van der Waals surface area contributed by atoms with Gasteiger partial charge in [-0.3, -0.25) is 5.01 Å². The van der Waals surface area contributed by atoms with E-state index in [1.165, 1.54) is 27.4 Å². The second-order valence-corrected chi connectivity index (χ2v) is 8.57. The summed E-state index contributed by atoms with van der Waals surface area (Å²) >= 11 is 0. The van der Waals surface area contributed by atoms with E-state index in [1.54, 1.807) is 11.3 Å². The molecule has 7 heteroatoms. The van der Waals surface area contributed by atoms with Crippen molar-refractivity contribution in [1.29, 1.82) is 0 Å². The molecule has 0 saturated carbocycles. The highest BCUT2D eigenvalue weighted by atomic mass is 16.5. The number of amides is 1. The molecule has 0 aromatic heterocycles. The van der Waals surface area contributed by atoms with Gasteiger partial charge in [0.1, 0.15) is 6.26 Å². The largest absolute Gasteiger partial charge is 0.470 e. The van der Waals surface area contributed by atoms with Gasteiger partial charge in [-0.2, -0.15) is 0 Å². The monoisotopic (exact) mass is 415 g/mol. The molecule has 1 amide bonds. The molecular weight excluding hydrogens is 382 g/mol. The van der Waals surface area contributed by atoms with Crippen LogP contribution in [0.3, 0.4) is 0 Å². The van der Waals surface area contributed by atoms with Gasteiger partial charge in [0.2, 0.25) is 0 Å². The Kier molecular flexibility index (Phi) is 6.09. The maximum Gasteiger partial charge on any atom is 0.426 e. The summed E-state index contributed by atoms with van der Waals surface area (Å²) in [6, 6.07) is 0.380. The lowest BCUT2D eigenvalue weighted by Gasteiger charge is -2.33. The molecule has 164 valence electrons. The van der Waals surface area contributed by atoms with Crippen molar-refractivity contribution in [3.8, 4) is 0 Å². The summed E-state index contributed by atoms with van der Waals surface area (Å²) in [6.45, 7) is 6.25. The smallest absolute Gasteiger partial charge is 0.426 e. The average Bonchev–Trinajstić information content (AvgIpc) is 3.32. The molecule has 2 N–H and O–H groups in total. The number of fused-ring (bicyclic) bond motifs is 1. The number of hydrogen-bond donors (Lipinski definition) is 2. The second kappa shape index (κ2) is 8.76. The number of hydrogen-bond acceptors (Lipinski definition) is 5. The Hall–Kier alpha value is -2.41. The van der Waals surface area contributed by atoms with E-state index >= 15 is 0 Å². The fourth-order valence-electron chi connectivity index (χ4n) is 5.23. The zero-order valence-corrected chi connectivity index (χ0v) is 18.1. The summed E-state index contributed by atoms with van der Waals surface area (Å²) < 4.78 is 5.91. The van der Waals surface area contributed by atoms with Crippen LogP contribution in [0.15, 0.2) is 46.2 Å². The van der Waals surface area contributed by atoms with E-state index in [0.29, 0.717) is 25.6 Å². The molecule has 0 aromatic rings. The van der Waals surface area contributed by atoms with E-state index in [0.717, 1.165) is 56.3 Å². The van der Waals surface area contributed by atoms with Crippen LogP contribution in [0.25, 0.3) is 0 Å². The van der Waals surface area contributed by atoms with Crippen molar-refractivity contribution in [2.75, 3.05) is 26.2 Å². The lowest BCUT2D eigenvalue weighted by molar-refractivity contribution is 0.0435. The molecule has 1 unspecified atom stereocenters. The molecule has 1 atom stereocenters. The predicted octanol–water partition coefficient (Wildman–Crippen LogP) is 3.96. The van der Waals surface area contributed by atoms with Crippen LogP contribution in [0, 0.1) is 0 Å². The average molecular weight is 416 g/mol. The van der Waals surface area contributed by atoms with E-state index in [-0.39, 0.29) is 6.61 Å². The van der Waals surface area contributed by atoms with E-state index < -0.39 is 6.09 Å². The van der Waals surface area contributed by atoms with Crippen molar-refractivity contribution in [2.45, 2.75) is 64.8 Å². The van der Waals surface area contributed by atoms with Crippen LogP contribution in [0.2, 0.25) is 0 Å². The van der Waals surface area contributed by atoms with Crippen LogP contribution < -0.4 is 0 Å². The number of carboxylic acid groups (broad SMARTS) is 1. The van der Waals surface area contributed by atoms with Gasteiger partial charge >= 0.3 is 6.09 Å². The van der Waals surface area contributed by atoms with E-state index in [9.17, 15) is 15.0 Å². The van der Waals surface area contributed by atoms with Crippen LogP contribution in [0.1, 0.15) is 58.8 Å². The lowest BCUT2D eigenvalue weighted by Crippen LogP contribution is -2.40. The Bertz CT molecular complexity index is 826. The van der Waals surface area contributed by atoms with Crippen molar-refractivity contribution < 1.29 is 19.7 Å². The van der Waals surface area contributed by atoms with Crippen LogP contribution >= 0.6 is 0 Å². The summed E-state index contributed by atoms with van der Waals surface area (Å²) in [5.74, 6) is 0. The highest BCUT2D eigenvalue weighted by Crippen LogP contribution is 2.45. The highest BCUT2D eigenvalue weighted by molar-refractivity contribution is 5.68. The van der Waals surface area contributed by atoms with Crippen LogP contribution in [0.4, 0.5) is 4.79 Å². The third kappa shape index (κ3) is 3.71. The normalized spacial score (nSPS) is 28.4. The van der Waals surface area contributed by atoms with Crippen LogP contribution in [-0.2, 0) is 4.74 Å². The maximum atomic E-state index is 12.0. The van der Waals surface area contributed by atoms with E-state index in [2.05, 4.69) is 18.7 Å². The first kappa shape index (κ1) is 20.8. The Morgan fingerprint density at radius 1 is 1.23 bits per heavy atom. The number of aliphatic hydroxyl groups is 1. The fraction of sp³-hybridized carbons (Fsp3) is 0.609. The first-order valence-corrected chi connectivity index (χ1v) is 11.2. The second-order valence-electron chi connectivity index (χ2n) is 8.57. The molecule has 3 aliphatic heterocycles. The van der Waals surface area contributed by atoms with Crippen LogP contribution in [0.5, 0.6) is 0 Å². The summed E-state index contributed by atoms with van der Waals surface area (Å²) in [6.07, 6.45) is 9.27. The zero-order chi connectivity index (χ0) is 21.3. The lowest BCUT2D eigenvalue weighted by atomic mass is 9.87. The van der Waals surface area contributed by atoms with Gasteiger partial charge < -0.3 is 19.8 Å². The third-order valence-corrected chi connectivity index (χ3v) is 6.73. The molecule has 1 aliphatic carbocycles. The van der Waals surface area contributed by atoms with Gasteiger partial charge in [0.05, 0.1) is 18.5 Å². The number of rotatable bonds is 4. The number of aliphatic hydroxyl groups excluding tert-OH is 1. The molecule has 0 aromatic carbocycles. The Morgan fingerprint density at radius 2 is 2.07 bits per heavy atom.